The number of benzene rings is 1. The van der Waals surface area contributed by atoms with Gasteiger partial charge in [-0.2, -0.15) is 4.31 Å². The molecule has 0 amide bonds. The molecule has 1 aliphatic rings. The summed E-state index contributed by atoms with van der Waals surface area (Å²) in [5.74, 6) is 0.658. The van der Waals surface area contributed by atoms with E-state index in [2.05, 4.69) is 13.8 Å². The largest absolute Gasteiger partial charge is 0.244 e. The maximum atomic E-state index is 12.7. The summed E-state index contributed by atoms with van der Waals surface area (Å²) >= 11 is 17.8. The molecule has 0 aliphatic carbocycles. The van der Waals surface area contributed by atoms with Crippen LogP contribution in [0.4, 0.5) is 0 Å². The van der Waals surface area contributed by atoms with E-state index in [4.69, 9.17) is 34.8 Å². The third-order valence-electron chi connectivity index (χ3n) is 3.45. The fourth-order valence-electron chi connectivity index (χ4n) is 2.65. The first kappa shape index (κ1) is 16.4. The summed E-state index contributed by atoms with van der Waals surface area (Å²) in [7, 11) is -3.64. The molecule has 1 saturated heterocycles. The Morgan fingerprint density at radius 1 is 1.05 bits per heavy atom. The number of piperidine rings is 1. The van der Waals surface area contributed by atoms with E-state index >= 15 is 0 Å². The van der Waals surface area contributed by atoms with Gasteiger partial charge in [0.1, 0.15) is 4.90 Å². The van der Waals surface area contributed by atoms with Crippen molar-refractivity contribution in [1.29, 1.82) is 0 Å². The molecule has 1 fully saturated rings. The zero-order valence-corrected chi connectivity index (χ0v) is 14.3. The van der Waals surface area contributed by atoms with Crippen LogP contribution in [0.1, 0.15) is 20.3 Å². The van der Waals surface area contributed by atoms with Crippen LogP contribution >= 0.6 is 34.8 Å². The van der Waals surface area contributed by atoms with Gasteiger partial charge in [-0.05, 0) is 30.4 Å². The minimum absolute atomic E-state index is 0.00922. The first-order chi connectivity index (χ1) is 9.23. The maximum Gasteiger partial charge on any atom is 0.244 e. The molecule has 0 saturated carbocycles. The molecule has 7 heteroatoms. The predicted octanol–water partition coefficient (Wildman–Crippen LogP) is 4.31. The number of hydrogen-bond acceptors (Lipinski definition) is 2. The van der Waals surface area contributed by atoms with Crippen LogP contribution in [0.3, 0.4) is 0 Å². The second-order valence-electron chi connectivity index (χ2n) is 5.44. The van der Waals surface area contributed by atoms with Crippen LogP contribution in [-0.4, -0.2) is 25.8 Å². The molecule has 1 aliphatic heterocycles. The van der Waals surface area contributed by atoms with E-state index in [0.717, 1.165) is 6.42 Å². The van der Waals surface area contributed by atoms with Crippen molar-refractivity contribution in [3.8, 4) is 0 Å². The van der Waals surface area contributed by atoms with Crippen molar-refractivity contribution in [1.82, 2.24) is 4.31 Å². The van der Waals surface area contributed by atoms with Crippen molar-refractivity contribution in [2.24, 2.45) is 11.8 Å². The van der Waals surface area contributed by atoms with Crippen LogP contribution in [0, 0.1) is 11.8 Å². The van der Waals surface area contributed by atoms with Crippen LogP contribution in [0.2, 0.25) is 15.1 Å². The molecule has 2 atom stereocenters. The van der Waals surface area contributed by atoms with Gasteiger partial charge in [0.15, 0.2) is 0 Å². The molecular formula is C13H16Cl3NO2S. The molecule has 1 aromatic rings. The van der Waals surface area contributed by atoms with Gasteiger partial charge in [0.25, 0.3) is 0 Å². The van der Waals surface area contributed by atoms with E-state index in [0.29, 0.717) is 24.9 Å². The molecular weight excluding hydrogens is 341 g/mol. The Balaban J connectivity index is 2.43. The lowest BCUT2D eigenvalue weighted by molar-refractivity contribution is 0.222. The third-order valence-corrected chi connectivity index (χ3v) is 6.73. The Morgan fingerprint density at radius 2 is 1.60 bits per heavy atom. The average molecular weight is 357 g/mol. The highest BCUT2D eigenvalue weighted by Gasteiger charge is 2.33. The normalized spacial score (nSPS) is 24.9. The van der Waals surface area contributed by atoms with Gasteiger partial charge in [-0.1, -0.05) is 48.7 Å². The number of sulfonamides is 1. The zero-order chi connectivity index (χ0) is 15.1. The van der Waals surface area contributed by atoms with E-state index in [1.165, 1.54) is 16.4 Å². The van der Waals surface area contributed by atoms with Gasteiger partial charge in [0.2, 0.25) is 10.0 Å². The molecule has 1 aromatic carbocycles. The van der Waals surface area contributed by atoms with Crippen molar-refractivity contribution in [2.75, 3.05) is 13.1 Å². The van der Waals surface area contributed by atoms with Gasteiger partial charge in [0, 0.05) is 13.1 Å². The molecule has 0 bridgehead atoms. The summed E-state index contributed by atoms with van der Waals surface area (Å²) in [4.78, 5) is 0.0230. The van der Waals surface area contributed by atoms with E-state index in [1.807, 2.05) is 0 Å². The molecule has 0 radical (unpaired) electrons. The fraction of sp³-hybridized carbons (Fsp3) is 0.538. The van der Waals surface area contributed by atoms with E-state index < -0.39 is 10.0 Å². The Bertz CT molecular complexity index is 608. The van der Waals surface area contributed by atoms with Gasteiger partial charge in [-0.3, -0.25) is 0 Å². The summed E-state index contributed by atoms with van der Waals surface area (Å²) in [5.41, 5.74) is 0. The zero-order valence-electron chi connectivity index (χ0n) is 11.2. The van der Waals surface area contributed by atoms with Gasteiger partial charge < -0.3 is 0 Å². The van der Waals surface area contributed by atoms with Crippen molar-refractivity contribution < 1.29 is 8.42 Å². The lowest BCUT2D eigenvalue weighted by Crippen LogP contribution is -2.42. The molecule has 1 heterocycles. The molecule has 112 valence electrons. The highest BCUT2D eigenvalue weighted by atomic mass is 35.5. The topological polar surface area (TPSA) is 37.4 Å². The van der Waals surface area contributed by atoms with E-state index in [9.17, 15) is 8.42 Å². The average Bonchev–Trinajstić information content (AvgIpc) is 2.34. The highest BCUT2D eigenvalue weighted by molar-refractivity contribution is 7.89. The third kappa shape index (κ3) is 3.09. The summed E-state index contributed by atoms with van der Waals surface area (Å²) in [6, 6.07) is 2.87. The summed E-state index contributed by atoms with van der Waals surface area (Å²) in [6.45, 7) is 5.11. The molecule has 3 nitrogen and oxygen atoms in total. The number of halogens is 3. The van der Waals surface area contributed by atoms with Crippen LogP contribution in [0.5, 0.6) is 0 Å². The first-order valence-electron chi connectivity index (χ1n) is 6.37. The SMILES string of the molecule is C[C@@H]1C[C@H](C)CN(S(=O)(=O)c2ccc(Cl)c(Cl)c2Cl)C1. The van der Waals surface area contributed by atoms with Crippen LogP contribution in [-0.2, 0) is 10.0 Å². The second kappa shape index (κ2) is 6.01. The van der Waals surface area contributed by atoms with Gasteiger partial charge in [-0.25, -0.2) is 8.42 Å². The molecule has 2 rings (SSSR count). The summed E-state index contributed by atoms with van der Waals surface area (Å²) < 4.78 is 26.9. The van der Waals surface area contributed by atoms with Crippen molar-refractivity contribution in [3.05, 3.63) is 27.2 Å². The van der Waals surface area contributed by atoms with Crippen molar-refractivity contribution in [3.63, 3.8) is 0 Å². The lowest BCUT2D eigenvalue weighted by Gasteiger charge is -2.34. The summed E-state index contributed by atoms with van der Waals surface area (Å²) in [5, 5.41) is 0.313. The monoisotopic (exact) mass is 355 g/mol. The standard InChI is InChI=1S/C13H16Cl3NO2S/c1-8-5-9(2)7-17(6-8)20(18,19)11-4-3-10(14)12(15)13(11)16/h3-4,8-9H,5-7H2,1-2H3/t8-,9+. The van der Waals surface area contributed by atoms with Crippen LogP contribution in [0.25, 0.3) is 0 Å². The van der Waals surface area contributed by atoms with Crippen molar-refractivity contribution >= 4 is 44.8 Å². The fourth-order valence-corrected chi connectivity index (χ4v) is 5.28. The van der Waals surface area contributed by atoms with E-state index in [1.54, 1.807) is 0 Å². The van der Waals surface area contributed by atoms with Crippen molar-refractivity contribution in [2.45, 2.75) is 25.2 Å². The Hall–Kier alpha value is -0.000000000000000167. The first-order valence-corrected chi connectivity index (χ1v) is 8.94. The van der Waals surface area contributed by atoms with Gasteiger partial charge in [-0.15, -0.1) is 0 Å². The maximum absolute atomic E-state index is 12.7. The van der Waals surface area contributed by atoms with Crippen LogP contribution in [0.15, 0.2) is 17.0 Å². The van der Waals surface area contributed by atoms with Crippen LogP contribution < -0.4 is 0 Å². The number of hydrogen-bond donors (Lipinski definition) is 0. The minimum Gasteiger partial charge on any atom is -0.207 e. The molecule has 0 N–H and O–H groups in total. The second-order valence-corrected chi connectivity index (χ2v) is 8.51. The van der Waals surface area contributed by atoms with Gasteiger partial charge >= 0.3 is 0 Å². The molecule has 0 aromatic heterocycles. The number of rotatable bonds is 2. The quantitative estimate of drug-likeness (QED) is 0.740. The molecule has 0 unspecified atom stereocenters. The molecule has 20 heavy (non-hydrogen) atoms. The highest BCUT2D eigenvalue weighted by Crippen LogP contribution is 2.37. The Labute approximate surface area is 134 Å². The smallest absolute Gasteiger partial charge is 0.207 e. The van der Waals surface area contributed by atoms with E-state index in [-0.39, 0.29) is 20.0 Å². The predicted molar refractivity (Wildman–Crippen MR) is 83.2 cm³/mol. The minimum atomic E-state index is -3.64. The Morgan fingerprint density at radius 3 is 2.15 bits per heavy atom. The van der Waals surface area contributed by atoms with Gasteiger partial charge in [0.05, 0.1) is 15.1 Å². The molecule has 0 spiro atoms. The lowest BCUT2D eigenvalue weighted by atomic mass is 9.94. The number of nitrogens with zero attached hydrogens (tertiary/aromatic N) is 1. The summed E-state index contributed by atoms with van der Waals surface area (Å²) in [6.07, 6.45) is 1.03. The Kier molecular flexibility index (Phi) is 4.92.